The molecule has 0 fully saturated rings. The molecule has 3 atom stereocenters. The van der Waals surface area contributed by atoms with E-state index in [-0.39, 0.29) is 12.5 Å². The molecule has 0 aliphatic rings. The first-order valence-electron chi connectivity index (χ1n) is 34.9. The Morgan fingerprint density at radius 3 is 1.11 bits per heavy atom. The predicted octanol–water partition coefficient (Wildman–Crippen LogP) is 21.8. The number of hydrogen-bond acceptors (Lipinski definition) is 6. The highest BCUT2D eigenvalue weighted by atomic mass is 31.2. The van der Waals surface area contributed by atoms with Crippen LogP contribution in [-0.2, 0) is 18.4 Å². The molecular weight excluding hydrogens is 1060 g/mol. The number of nitrogens with zero attached hydrogens (tertiary/aromatic N) is 1. The van der Waals surface area contributed by atoms with Gasteiger partial charge in [-0.25, -0.2) is 0 Å². The number of phosphoric acid groups is 1. The van der Waals surface area contributed by atoms with Gasteiger partial charge in [-0.2, -0.15) is 0 Å². The van der Waals surface area contributed by atoms with Crippen LogP contribution in [0.3, 0.4) is 0 Å². The lowest BCUT2D eigenvalue weighted by Crippen LogP contribution is -2.45. The van der Waals surface area contributed by atoms with Crippen molar-refractivity contribution in [2.24, 2.45) is 0 Å². The Kier molecular flexibility index (Phi) is 62.0. The molecule has 8 nitrogen and oxygen atoms in total. The van der Waals surface area contributed by atoms with Gasteiger partial charge in [0.25, 0.3) is 7.82 Å². The lowest BCUT2D eigenvalue weighted by atomic mass is 10.0. The summed E-state index contributed by atoms with van der Waals surface area (Å²) in [5, 5.41) is 13.9. The van der Waals surface area contributed by atoms with Crippen molar-refractivity contribution in [1.82, 2.24) is 5.32 Å². The number of unbranched alkanes of at least 4 members (excludes halogenated alkanes) is 32. The maximum absolute atomic E-state index is 13.0. The molecule has 0 saturated heterocycles. The molecule has 0 rings (SSSR count). The van der Waals surface area contributed by atoms with E-state index >= 15 is 0 Å². The number of allylic oxidation sites excluding steroid dienone is 19. The normalized spacial score (nSPS) is 14.4. The second kappa shape index (κ2) is 64.4. The van der Waals surface area contributed by atoms with Gasteiger partial charge >= 0.3 is 0 Å². The summed E-state index contributed by atoms with van der Waals surface area (Å²) in [6.45, 7) is 4.53. The Morgan fingerprint density at radius 1 is 0.429 bits per heavy atom. The number of aliphatic hydroxyl groups excluding tert-OH is 1. The number of quaternary nitrogens is 1. The Balaban J connectivity index is 4.19. The topological polar surface area (TPSA) is 108 Å². The molecule has 1 amide bonds. The lowest BCUT2D eigenvalue weighted by molar-refractivity contribution is -0.870. The standard InChI is InChI=1S/C75H133N2O6P/c1-6-8-10-12-14-16-18-20-22-24-26-28-30-32-34-36-37-38-39-41-43-45-47-49-51-53-55-57-59-61-63-65-67-69-75(79)76-73(72-83-84(80,81)82-71-70-77(3,4)5)74(78)68-66-64-62-60-58-56-54-52-50-48-46-44-42-40-35-33-31-29-27-25-23-21-19-17-15-13-11-9-7-2/h8,10,14,16,20,22,26,28,32,34,37-38,41,43,47,49,58,60,66,68,73-74,78H,6-7,9,11-13,15,17-19,21,23-25,27,29-31,33,35-36,39-40,42,44-46,48,50-57,59,61-65,67,69-72H2,1-5H3,(H-,76,79,80,81)/b10-8-,16-14-,22-20-,28-26-,34-32-,38-37-,43-41-,49-47-,60-58+,68-66+. The van der Waals surface area contributed by atoms with E-state index in [1.807, 2.05) is 27.2 Å². The third-order valence-corrected chi connectivity index (χ3v) is 16.1. The fourth-order valence-electron chi connectivity index (χ4n) is 9.78. The molecule has 9 heteroatoms. The molecule has 0 aliphatic heterocycles. The van der Waals surface area contributed by atoms with Gasteiger partial charge in [0.1, 0.15) is 13.2 Å². The van der Waals surface area contributed by atoms with Gasteiger partial charge in [-0.1, -0.05) is 315 Å². The first-order chi connectivity index (χ1) is 41.0. The van der Waals surface area contributed by atoms with Crippen LogP contribution in [-0.4, -0.2) is 68.5 Å². The van der Waals surface area contributed by atoms with E-state index in [4.69, 9.17) is 9.05 Å². The molecule has 2 N–H and O–H groups in total. The summed E-state index contributed by atoms with van der Waals surface area (Å²) < 4.78 is 23.4. The highest BCUT2D eigenvalue weighted by Crippen LogP contribution is 2.38. The Morgan fingerprint density at radius 2 is 0.738 bits per heavy atom. The van der Waals surface area contributed by atoms with Crippen LogP contribution in [0.15, 0.2) is 122 Å². The second-order valence-corrected chi connectivity index (χ2v) is 25.9. The van der Waals surface area contributed by atoms with E-state index in [0.29, 0.717) is 17.4 Å². The van der Waals surface area contributed by atoms with Crippen LogP contribution >= 0.6 is 7.82 Å². The van der Waals surface area contributed by atoms with Crippen LogP contribution in [0.1, 0.15) is 296 Å². The van der Waals surface area contributed by atoms with E-state index in [1.165, 1.54) is 173 Å². The van der Waals surface area contributed by atoms with E-state index in [9.17, 15) is 19.4 Å². The molecule has 0 aliphatic carbocycles. The SMILES string of the molecule is CC/C=C\C/C=C\C/C=C\C/C=C\C/C=C\C/C=C\C/C=C\C/C=C\CCCCCCCCCCC(=O)NC(COP(=O)([O-])OCC[N+](C)(C)C)C(O)/C=C/CC/C=C/CCCCCCCCCCCCCCCCCCCCCCCCC. The number of carbonyl (C=O) groups is 1. The van der Waals surface area contributed by atoms with Crippen molar-refractivity contribution < 1.29 is 32.9 Å². The van der Waals surface area contributed by atoms with Crippen molar-refractivity contribution in [3.05, 3.63) is 122 Å². The zero-order chi connectivity index (χ0) is 61.2. The van der Waals surface area contributed by atoms with Gasteiger partial charge in [0, 0.05) is 6.42 Å². The van der Waals surface area contributed by atoms with Gasteiger partial charge in [-0.3, -0.25) is 9.36 Å². The van der Waals surface area contributed by atoms with Crippen molar-refractivity contribution in [2.75, 3.05) is 40.9 Å². The van der Waals surface area contributed by atoms with Gasteiger partial charge in [-0.05, 0) is 96.3 Å². The minimum absolute atomic E-state index is 0.0139. The van der Waals surface area contributed by atoms with Gasteiger partial charge in [-0.15, -0.1) is 0 Å². The highest BCUT2D eigenvalue weighted by molar-refractivity contribution is 7.45. The molecule has 0 aromatic carbocycles. The molecule has 0 bridgehead atoms. The Bertz CT molecular complexity index is 1780. The number of hydrogen-bond donors (Lipinski definition) is 2. The van der Waals surface area contributed by atoms with Crippen LogP contribution < -0.4 is 10.2 Å². The summed E-state index contributed by atoms with van der Waals surface area (Å²) in [6.07, 6.45) is 96.0. The van der Waals surface area contributed by atoms with E-state index < -0.39 is 26.6 Å². The number of rotatable bonds is 63. The van der Waals surface area contributed by atoms with Crippen molar-refractivity contribution in [1.29, 1.82) is 0 Å². The monoisotopic (exact) mass is 1190 g/mol. The van der Waals surface area contributed by atoms with Crippen molar-refractivity contribution in [3.63, 3.8) is 0 Å². The van der Waals surface area contributed by atoms with Gasteiger partial charge in [0.15, 0.2) is 0 Å². The maximum atomic E-state index is 13.0. The third kappa shape index (κ3) is 66.4. The van der Waals surface area contributed by atoms with Gasteiger partial charge < -0.3 is 28.8 Å². The number of carbonyl (C=O) groups excluding carboxylic acids is 1. The van der Waals surface area contributed by atoms with Crippen molar-refractivity contribution in [3.8, 4) is 0 Å². The van der Waals surface area contributed by atoms with Crippen LogP contribution in [0.2, 0.25) is 0 Å². The Labute approximate surface area is 520 Å². The second-order valence-electron chi connectivity index (χ2n) is 24.5. The zero-order valence-corrected chi connectivity index (χ0v) is 56.2. The first kappa shape index (κ1) is 80.9. The highest BCUT2D eigenvalue weighted by Gasteiger charge is 2.23. The smallest absolute Gasteiger partial charge is 0.268 e. The third-order valence-electron chi connectivity index (χ3n) is 15.2. The number of likely N-dealkylation sites (N-methyl/N-ethyl adjacent to an activating group) is 1. The molecular formula is C75H133N2O6P. The van der Waals surface area contributed by atoms with E-state index in [1.54, 1.807) is 6.08 Å². The fraction of sp³-hybridized carbons (Fsp3) is 0.720. The molecule has 3 unspecified atom stereocenters. The Hall–Kier alpha value is -3.10. The summed E-state index contributed by atoms with van der Waals surface area (Å²) in [4.78, 5) is 25.6. The van der Waals surface area contributed by atoms with E-state index in [2.05, 4.69) is 129 Å². The molecule has 0 saturated carbocycles. The van der Waals surface area contributed by atoms with Crippen LogP contribution in [0.25, 0.3) is 0 Å². The van der Waals surface area contributed by atoms with Crippen molar-refractivity contribution in [2.45, 2.75) is 309 Å². The summed E-state index contributed by atoms with van der Waals surface area (Å²) >= 11 is 0. The average Bonchev–Trinajstić information content (AvgIpc) is 3.56. The molecule has 484 valence electrons. The molecule has 0 radical (unpaired) electrons. The first-order valence-corrected chi connectivity index (χ1v) is 36.4. The number of amides is 1. The number of phosphoric ester groups is 1. The fourth-order valence-corrected chi connectivity index (χ4v) is 10.5. The summed E-state index contributed by atoms with van der Waals surface area (Å²) in [5.74, 6) is -0.218. The van der Waals surface area contributed by atoms with Gasteiger partial charge in [0.05, 0.1) is 39.9 Å². The van der Waals surface area contributed by atoms with Crippen molar-refractivity contribution >= 4 is 13.7 Å². The maximum Gasteiger partial charge on any atom is 0.268 e. The quantitative estimate of drug-likeness (QED) is 0.0272. The molecule has 0 heterocycles. The molecule has 84 heavy (non-hydrogen) atoms. The number of aliphatic hydroxyl groups is 1. The lowest BCUT2D eigenvalue weighted by Gasteiger charge is -2.29. The van der Waals surface area contributed by atoms with Crippen LogP contribution in [0.5, 0.6) is 0 Å². The molecule has 0 spiro atoms. The number of nitrogens with one attached hydrogen (secondary N) is 1. The molecule has 0 aromatic heterocycles. The van der Waals surface area contributed by atoms with Gasteiger partial charge in [0.2, 0.25) is 5.91 Å². The zero-order valence-electron chi connectivity index (χ0n) is 55.3. The summed E-state index contributed by atoms with van der Waals surface area (Å²) in [5.41, 5.74) is 0. The van der Waals surface area contributed by atoms with E-state index in [0.717, 1.165) is 103 Å². The summed E-state index contributed by atoms with van der Waals surface area (Å²) in [6, 6.07) is -0.919. The summed E-state index contributed by atoms with van der Waals surface area (Å²) in [7, 11) is 1.23. The predicted molar refractivity (Wildman–Crippen MR) is 366 cm³/mol. The minimum Gasteiger partial charge on any atom is -0.756 e. The molecule has 0 aromatic rings. The van der Waals surface area contributed by atoms with Crippen LogP contribution in [0.4, 0.5) is 0 Å². The largest absolute Gasteiger partial charge is 0.756 e. The average molecular weight is 1190 g/mol. The van der Waals surface area contributed by atoms with Crippen LogP contribution in [0, 0.1) is 0 Å². The minimum atomic E-state index is -4.62.